The Morgan fingerprint density at radius 3 is 2.30 bits per heavy atom. The predicted octanol–water partition coefficient (Wildman–Crippen LogP) is 6.80. The molecule has 0 fully saturated rings. The fraction of sp³-hybridized carbons (Fsp3) is 0.393. The molecule has 0 unspecified atom stereocenters. The van der Waals surface area contributed by atoms with Crippen LogP contribution in [0, 0.1) is 0 Å². The number of hydrogen-bond donors (Lipinski definition) is 0. The number of aryl methyl sites for hydroxylation is 1. The van der Waals surface area contributed by atoms with E-state index in [1.165, 1.54) is 6.92 Å². The van der Waals surface area contributed by atoms with E-state index in [4.69, 9.17) is 14.2 Å². The highest BCUT2D eigenvalue weighted by molar-refractivity contribution is 5.92. The van der Waals surface area contributed by atoms with Gasteiger partial charge in [0.05, 0.1) is 18.7 Å². The van der Waals surface area contributed by atoms with Crippen molar-refractivity contribution >= 4 is 22.4 Å². The molecule has 0 amide bonds. The van der Waals surface area contributed by atoms with E-state index in [9.17, 15) is 4.79 Å². The van der Waals surface area contributed by atoms with Crippen LogP contribution in [0.2, 0.25) is 0 Å². The molecule has 3 aromatic rings. The van der Waals surface area contributed by atoms with E-state index in [1.54, 1.807) is 6.07 Å². The Morgan fingerprint density at radius 2 is 1.67 bits per heavy atom. The van der Waals surface area contributed by atoms with E-state index in [1.807, 2.05) is 31.3 Å². The number of benzene rings is 2. The van der Waals surface area contributed by atoms with Crippen LogP contribution in [0.15, 0.2) is 55.1 Å². The molecule has 0 aliphatic rings. The average Bonchev–Trinajstić information content (AvgIpc) is 3.14. The topological polar surface area (TPSA) is 49.7 Å². The van der Waals surface area contributed by atoms with Gasteiger partial charge < -0.3 is 18.8 Å². The summed E-state index contributed by atoms with van der Waals surface area (Å²) in [7, 11) is 2.02. The molecule has 0 atom stereocenters. The van der Waals surface area contributed by atoms with Gasteiger partial charge in [0.1, 0.15) is 5.75 Å². The highest BCUT2D eigenvalue weighted by Crippen LogP contribution is 2.36. The first-order valence-corrected chi connectivity index (χ1v) is 11.8. The van der Waals surface area contributed by atoms with E-state index in [-0.39, 0.29) is 5.97 Å². The Labute approximate surface area is 197 Å². The van der Waals surface area contributed by atoms with Crippen LogP contribution in [0.5, 0.6) is 5.75 Å². The Morgan fingerprint density at radius 1 is 1.00 bits per heavy atom. The van der Waals surface area contributed by atoms with Crippen LogP contribution in [0.25, 0.3) is 16.5 Å². The first-order valence-electron chi connectivity index (χ1n) is 11.8. The first kappa shape index (κ1) is 24.7. The van der Waals surface area contributed by atoms with Crippen LogP contribution >= 0.6 is 0 Å². The van der Waals surface area contributed by atoms with Gasteiger partial charge in [-0.25, -0.2) is 0 Å². The monoisotopic (exact) mass is 449 g/mol. The lowest BCUT2D eigenvalue weighted by Crippen LogP contribution is -2.12. The standard InChI is InChI=1S/C28H35NO4/c1-6-8-17-31-28(32-18-9-7-2)24-15-12-13-22-19-25(29(5)27(22)24)20(3)23-14-10-11-16-26(23)33-21(4)30/h10-16,19,28H,3,6-9,17-18H2,1-2,4-5H3. The summed E-state index contributed by atoms with van der Waals surface area (Å²) in [6.07, 6.45) is 3.70. The van der Waals surface area contributed by atoms with Crippen LogP contribution < -0.4 is 4.74 Å². The number of aromatic nitrogens is 1. The van der Waals surface area contributed by atoms with Crippen LogP contribution in [0.1, 0.15) is 69.6 Å². The van der Waals surface area contributed by atoms with Gasteiger partial charge in [-0.15, -0.1) is 0 Å². The quantitative estimate of drug-likeness (QED) is 0.132. The highest BCUT2D eigenvalue weighted by Gasteiger charge is 2.21. The molecule has 0 radical (unpaired) electrons. The molecular weight excluding hydrogens is 414 g/mol. The third kappa shape index (κ3) is 5.92. The molecule has 0 saturated carbocycles. The van der Waals surface area contributed by atoms with Crippen LogP contribution in [0.3, 0.4) is 0 Å². The van der Waals surface area contributed by atoms with Crippen molar-refractivity contribution < 1.29 is 19.0 Å². The second-order valence-corrected chi connectivity index (χ2v) is 8.22. The maximum absolute atomic E-state index is 11.6. The summed E-state index contributed by atoms with van der Waals surface area (Å²) in [6.45, 7) is 11.4. The van der Waals surface area contributed by atoms with Crippen molar-refractivity contribution in [3.8, 4) is 5.75 Å². The molecule has 0 aliphatic carbocycles. The van der Waals surface area contributed by atoms with Crippen molar-refractivity contribution in [1.29, 1.82) is 0 Å². The third-order valence-electron chi connectivity index (χ3n) is 5.65. The molecule has 1 aromatic heterocycles. The second kappa shape index (κ2) is 11.8. The lowest BCUT2D eigenvalue weighted by Gasteiger charge is -2.21. The fourth-order valence-electron chi connectivity index (χ4n) is 3.92. The molecule has 0 saturated heterocycles. The van der Waals surface area contributed by atoms with Crippen molar-refractivity contribution in [2.45, 2.75) is 52.7 Å². The third-order valence-corrected chi connectivity index (χ3v) is 5.65. The van der Waals surface area contributed by atoms with Gasteiger partial charge in [-0.3, -0.25) is 4.79 Å². The number of esters is 1. The zero-order valence-corrected chi connectivity index (χ0v) is 20.2. The van der Waals surface area contributed by atoms with Gasteiger partial charge in [-0.2, -0.15) is 0 Å². The first-order chi connectivity index (χ1) is 16.0. The molecule has 3 rings (SSSR count). The normalized spacial score (nSPS) is 11.3. The van der Waals surface area contributed by atoms with Gasteiger partial charge in [0.25, 0.3) is 0 Å². The van der Waals surface area contributed by atoms with Gasteiger partial charge in [0.15, 0.2) is 6.29 Å². The number of hydrogen-bond acceptors (Lipinski definition) is 4. The van der Waals surface area contributed by atoms with Gasteiger partial charge in [-0.05, 0) is 25.0 Å². The minimum atomic E-state index is -0.421. The van der Waals surface area contributed by atoms with Crippen molar-refractivity contribution in [2.24, 2.45) is 7.05 Å². The number of para-hydroxylation sites is 2. The maximum atomic E-state index is 11.6. The fourth-order valence-corrected chi connectivity index (χ4v) is 3.92. The smallest absolute Gasteiger partial charge is 0.308 e. The van der Waals surface area contributed by atoms with Gasteiger partial charge in [0, 0.05) is 41.8 Å². The zero-order chi connectivity index (χ0) is 23.8. The molecule has 2 aromatic carbocycles. The Hall–Kier alpha value is -2.89. The van der Waals surface area contributed by atoms with Crippen LogP contribution in [-0.2, 0) is 21.3 Å². The number of rotatable bonds is 12. The van der Waals surface area contributed by atoms with E-state index < -0.39 is 6.29 Å². The molecule has 0 bridgehead atoms. The van der Waals surface area contributed by atoms with Crippen molar-refractivity contribution in [3.05, 3.63) is 71.9 Å². The lowest BCUT2D eigenvalue weighted by molar-refractivity contribution is -0.147. The molecule has 5 nitrogen and oxygen atoms in total. The number of carbonyl (C=O) groups excluding carboxylic acids is 1. The molecule has 0 aliphatic heterocycles. The Kier molecular flexibility index (Phi) is 8.87. The van der Waals surface area contributed by atoms with Crippen molar-refractivity contribution in [3.63, 3.8) is 0 Å². The molecule has 1 heterocycles. The minimum absolute atomic E-state index is 0.356. The van der Waals surface area contributed by atoms with E-state index in [2.05, 4.69) is 43.2 Å². The van der Waals surface area contributed by atoms with Gasteiger partial charge in [-0.1, -0.05) is 69.7 Å². The van der Waals surface area contributed by atoms with Crippen molar-refractivity contribution in [1.82, 2.24) is 4.57 Å². The number of carbonyl (C=O) groups is 1. The molecule has 5 heteroatoms. The molecule has 33 heavy (non-hydrogen) atoms. The summed E-state index contributed by atoms with van der Waals surface area (Å²) in [5, 5.41) is 1.08. The summed E-state index contributed by atoms with van der Waals surface area (Å²) >= 11 is 0. The Bertz CT molecular complexity index is 1090. The maximum Gasteiger partial charge on any atom is 0.308 e. The zero-order valence-electron chi connectivity index (χ0n) is 20.2. The average molecular weight is 450 g/mol. The number of fused-ring (bicyclic) bond motifs is 1. The summed E-state index contributed by atoms with van der Waals surface area (Å²) in [5.74, 6) is 0.148. The number of nitrogens with zero attached hydrogens (tertiary/aromatic N) is 1. The second-order valence-electron chi connectivity index (χ2n) is 8.22. The lowest BCUT2D eigenvalue weighted by atomic mass is 10.0. The Balaban J connectivity index is 2.02. The number of unbranched alkanes of at least 4 members (excludes halogenated alkanes) is 2. The molecule has 0 N–H and O–H groups in total. The van der Waals surface area contributed by atoms with E-state index >= 15 is 0 Å². The van der Waals surface area contributed by atoms with Crippen LogP contribution in [-0.4, -0.2) is 23.8 Å². The minimum Gasteiger partial charge on any atom is -0.426 e. The molecule has 176 valence electrons. The predicted molar refractivity (Wildman–Crippen MR) is 133 cm³/mol. The van der Waals surface area contributed by atoms with E-state index in [0.29, 0.717) is 19.0 Å². The summed E-state index contributed by atoms with van der Waals surface area (Å²) in [6, 6.07) is 15.8. The number of ether oxygens (including phenoxy) is 3. The SMILES string of the molecule is C=C(c1ccccc1OC(C)=O)c1cc2cccc(C(OCCCC)OCCCC)c2n1C. The molecule has 0 spiro atoms. The van der Waals surface area contributed by atoms with Gasteiger partial charge >= 0.3 is 5.97 Å². The summed E-state index contributed by atoms with van der Waals surface area (Å²) < 4.78 is 19.9. The highest BCUT2D eigenvalue weighted by atomic mass is 16.7. The van der Waals surface area contributed by atoms with Crippen LogP contribution in [0.4, 0.5) is 0 Å². The summed E-state index contributed by atoms with van der Waals surface area (Å²) in [5.41, 5.74) is 4.58. The largest absolute Gasteiger partial charge is 0.426 e. The van der Waals surface area contributed by atoms with E-state index in [0.717, 1.165) is 59.0 Å². The summed E-state index contributed by atoms with van der Waals surface area (Å²) in [4.78, 5) is 11.6. The van der Waals surface area contributed by atoms with Gasteiger partial charge in [0.2, 0.25) is 0 Å². The van der Waals surface area contributed by atoms with Crippen molar-refractivity contribution in [2.75, 3.05) is 13.2 Å². The molecular formula is C28H35NO4.